The van der Waals surface area contributed by atoms with Gasteiger partial charge in [-0.05, 0) is 59.7 Å². The molecule has 0 unspecified atom stereocenters. The number of rotatable bonds is 8. The summed E-state index contributed by atoms with van der Waals surface area (Å²) in [7, 11) is 1.66. The van der Waals surface area contributed by atoms with Gasteiger partial charge in [0.25, 0.3) is 5.91 Å². The van der Waals surface area contributed by atoms with Crippen LogP contribution < -0.4 is 4.74 Å². The van der Waals surface area contributed by atoms with Crippen LogP contribution in [0.3, 0.4) is 0 Å². The van der Waals surface area contributed by atoms with Crippen molar-refractivity contribution in [3.8, 4) is 11.8 Å². The zero-order valence-corrected chi connectivity index (χ0v) is 20.4. The van der Waals surface area contributed by atoms with Crippen molar-refractivity contribution in [1.82, 2.24) is 9.80 Å². The average molecular weight is 490 g/mol. The van der Waals surface area contributed by atoms with Crippen LogP contribution in [0.1, 0.15) is 33.2 Å². The molecule has 0 aromatic heterocycles. The van der Waals surface area contributed by atoms with Crippen molar-refractivity contribution in [3.05, 3.63) is 100 Å². The zero-order valence-electron chi connectivity index (χ0n) is 19.7. The van der Waals surface area contributed by atoms with Crippen LogP contribution in [0.4, 0.5) is 0 Å². The van der Waals surface area contributed by atoms with E-state index in [-0.39, 0.29) is 12.0 Å². The molecule has 1 saturated heterocycles. The van der Waals surface area contributed by atoms with Gasteiger partial charge in [-0.15, -0.1) is 0 Å². The highest BCUT2D eigenvalue weighted by molar-refractivity contribution is 6.30. The molecule has 0 saturated carbocycles. The SMILES string of the molecule is COc1cccc([C@H](CN2CCN(C(=O)c3ccc(Cl)cc3)CC2)OCc2ccc(C#N)cc2)c1. The molecule has 1 amide bonds. The topological polar surface area (TPSA) is 65.8 Å². The van der Waals surface area contributed by atoms with Crippen molar-refractivity contribution in [2.75, 3.05) is 39.8 Å². The third kappa shape index (κ3) is 6.61. The molecular weight excluding hydrogens is 462 g/mol. The van der Waals surface area contributed by atoms with Gasteiger partial charge >= 0.3 is 0 Å². The van der Waals surface area contributed by atoms with Gasteiger partial charge in [-0.1, -0.05) is 35.9 Å². The van der Waals surface area contributed by atoms with E-state index >= 15 is 0 Å². The number of halogens is 1. The number of hydrogen-bond donors (Lipinski definition) is 0. The van der Waals surface area contributed by atoms with E-state index in [4.69, 9.17) is 26.3 Å². The first-order chi connectivity index (χ1) is 17.1. The van der Waals surface area contributed by atoms with Gasteiger partial charge in [0.05, 0.1) is 31.5 Å². The molecule has 1 atom stereocenters. The van der Waals surface area contributed by atoms with Gasteiger partial charge in [-0.3, -0.25) is 9.69 Å². The Morgan fingerprint density at radius 2 is 1.74 bits per heavy atom. The molecule has 4 rings (SSSR count). The van der Waals surface area contributed by atoms with Gasteiger partial charge in [0.15, 0.2) is 0 Å². The van der Waals surface area contributed by atoms with E-state index in [0.717, 1.165) is 30.0 Å². The summed E-state index contributed by atoms with van der Waals surface area (Å²) in [6.45, 7) is 3.97. The maximum atomic E-state index is 12.8. The molecule has 3 aromatic carbocycles. The van der Waals surface area contributed by atoms with Gasteiger partial charge in [-0.2, -0.15) is 5.26 Å². The van der Waals surface area contributed by atoms with Crippen LogP contribution in [-0.4, -0.2) is 55.5 Å². The van der Waals surface area contributed by atoms with E-state index in [1.165, 1.54) is 0 Å². The molecule has 1 fully saturated rings. The summed E-state index contributed by atoms with van der Waals surface area (Å²) in [5.74, 6) is 0.815. The standard InChI is InChI=1S/C28H28ClN3O3/c1-34-26-4-2-3-24(17-26)27(35-20-22-7-5-21(18-30)6-8-22)19-31-13-15-32(16-14-31)28(33)23-9-11-25(29)12-10-23/h2-12,17,27H,13-16,19-20H2,1H3/t27-/m0/s1. The Morgan fingerprint density at radius 3 is 2.40 bits per heavy atom. The minimum atomic E-state index is -0.167. The lowest BCUT2D eigenvalue weighted by molar-refractivity contribution is 0.00333. The number of benzene rings is 3. The van der Waals surface area contributed by atoms with Crippen LogP contribution in [0.25, 0.3) is 0 Å². The van der Waals surface area contributed by atoms with E-state index in [9.17, 15) is 4.79 Å². The Labute approximate surface area is 211 Å². The first kappa shape index (κ1) is 24.7. The largest absolute Gasteiger partial charge is 0.497 e. The quantitative estimate of drug-likeness (QED) is 0.448. The Bertz CT molecular complexity index is 1170. The fraction of sp³-hybridized carbons (Fsp3) is 0.286. The summed E-state index contributed by atoms with van der Waals surface area (Å²) in [6.07, 6.45) is -0.167. The highest BCUT2D eigenvalue weighted by Crippen LogP contribution is 2.25. The van der Waals surface area contributed by atoms with Crippen LogP contribution >= 0.6 is 11.6 Å². The zero-order chi connectivity index (χ0) is 24.6. The lowest BCUT2D eigenvalue weighted by Gasteiger charge is -2.36. The third-order valence-electron chi connectivity index (χ3n) is 6.17. The number of amides is 1. The van der Waals surface area contributed by atoms with Crippen LogP contribution in [0.15, 0.2) is 72.8 Å². The smallest absolute Gasteiger partial charge is 0.253 e. The van der Waals surface area contributed by atoms with Gasteiger partial charge in [-0.25, -0.2) is 0 Å². The number of nitriles is 1. The second-order valence-corrected chi connectivity index (χ2v) is 8.92. The predicted octanol–water partition coefficient (Wildman–Crippen LogP) is 4.94. The number of nitrogens with zero attached hydrogens (tertiary/aromatic N) is 3. The van der Waals surface area contributed by atoms with E-state index in [2.05, 4.69) is 11.0 Å². The van der Waals surface area contributed by atoms with Crippen molar-refractivity contribution in [1.29, 1.82) is 5.26 Å². The molecule has 35 heavy (non-hydrogen) atoms. The maximum Gasteiger partial charge on any atom is 0.253 e. The number of ether oxygens (including phenoxy) is 2. The number of methoxy groups -OCH3 is 1. The van der Waals surface area contributed by atoms with Gasteiger partial charge < -0.3 is 14.4 Å². The number of piperazine rings is 1. The monoisotopic (exact) mass is 489 g/mol. The second-order valence-electron chi connectivity index (χ2n) is 8.48. The lowest BCUT2D eigenvalue weighted by Crippen LogP contribution is -2.49. The molecule has 0 N–H and O–H groups in total. The van der Waals surface area contributed by atoms with E-state index in [1.54, 1.807) is 43.5 Å². The van der Waals surface area contributed by atoms with E-state index < -0.39 is 0 Å². The fourth-order valence-corrected chi connectivity index (χ4v) is 4.24. The minimum Gasteiger partial charge on any atom is -0.497 e. The van der Waals surface area contributed by atoms with Crippen LogP contribution in [0.5, 0.6) is 5.75 Å². The van der Waals surface area contributed by atoms with E-state index in [0.29, 0.717) is 42.4 Å². The number of carbonyl (C=O) groups excluding carboxylic acids is 1. The van der Waals surface area contributed by atoms with Crippen LogP contribution in [0, 0.1) is 11.3 Å². The molecule has 3 aromatic rings. The summed E-state index contributed by atoms with van der Waals surface area (Å²) in [5, 5.41) is 9.65. The first-order valence-electron chi connectivity index (χ1n) is 11.6. The summed E-state index contributed by atoms with van der Waals surface area (Å²) in [5.41, 5.74) is 3.33. The fourth-order valence-electron chi connectivity index (χ4n) is 4.11. The second kappa shape index (κ2) is 11.9. The summed E-state index contributed by atoms with van der Waals surface area (Å²) < 4.78 is 11.8. The molecule has 0 aliphatic carbocycles. The van der Waals surface area contributed by atoms with Crippen molar-refractivity contribution in [2.45, 2.75) is 12.7 Å². The molecule has 1 aliphatic rings. The Kier molecular flexibility index (Phi) is 8.38. The molecule has 180 valence electrons. The van der Waals surface area contributed by atoms with Crippen molar-refractivity contribution in [2.24, 2.45) is 0 Å². The molecule has 1 heterocycles. The molecule has 1 aliphatic heterocycles. The number of hydrogen-bond acceptors (Lipinski definition) is 5. The van der Waals surface area contributed by atoms with Gasteiger partial charge in [0.2, 0.25) is 0 Å². The highest BCUT2D eigenvalue weighted by atomic mass is 35.5. The molecular formula is C28H28ClN3O3. The maximum absolute atomic E-state index is 12.8. The molecule has 0 bridgehead atoms. The molecule has 0 spiro atoms. The van der Waals surface area contributed by atoms with Crippen molar-refractivity contribution >= 4 is 17.5 Å². The summed E-state index contributed by atoms with van der Waals surface area (Å²) in [4.78, 5) is 17.1. The van der Waals surface area contributed by atoms with Gasteiger partial charge in [0.1, 0.15) is 5.75 Å². The Hall–Kier alpha value is -3.37. The average Bonchev–Trinajstić information content (AvgIpc) is 2.91. The summed E-state index contributed by atoms with van der Waals surface area (Å²) in [6, 6.07) is 24.6. The van der Waals surface area contributed by atoms with Crippen LogP contribution in [0.2, 0.25) is 5.02 Å². The summed E-state index contributed by atoms with van der Waals surface area (Å²) >= 11 is 5.95. The Balaban J connectivity index is 1.40. The third-order valence-corrected chi connectivity index (χ3v) is 6.43. The predicted molar refractivity (Wildman–Crippen MR) is 135 cm³/mol. The van der Waals surface area contributed by atoms with E-state index in [1.807, 2.05) is 41.3 Å². The Morgan fingerprint density at radius 1 is 1.03 bits per heavy atom. The highest BCUT2D eigenvalue weighted by Gasteiger charge is 2.25. The molecule has 6 nitrogen and oxygen atoms in total. The molecule has 0 radical (unpaired) electrons. The number of carbonyl (C=O) groups is 1. The molecule has 7 heteroatoms. The van der Waals surface area contributed by atoms with Crippen molar-refractivity contribution in [3.63, 3.8) is 0 Å². The van der Waals surface area contributed by atoms with Gasteiger partial charge in [0, 0.05) is 43.3 Å². The first-order valence-corrected chi connectivity index (χ1v) is 12.0. The minimum absolute atomic E-state index is 0.0303. The lowest BCUT2D eigenvalue weighted by atomic mass is 10.1. The van der Waals surface area contributed by atoms with Crippen molar-refractivity contribution < 1.29 is 14.3 Å². The van der Waals surface area contributed by atoms with Crippen LogP contribution in [-0.2, 0) is 11.3 Å². The normalized spacial score (nSPS) is 14.8.